The highest BCUT2D eigenvalue weighted by Crippen LogP contribution is 2.54. The predicted molar refractivity (Wildman–Crippen MR) is 141 cm³/mol. The Bertz CT molecular complexity index is 1500. The van der Waals surface area contributed by atoms with Gasteiger partial charge in [0.05, 0.1) is 20.1 Å². The van der Waals surface area contributed by atoms with Crippen LogP contribution in [0.25, 0.3) is 12.2 Å². The van der Waals surface area contributed by atoms with E-state index in [1.807, 2.05) is 6.07 Å². The van der Waals surface area contributed by atoms with E-state index in [-0.39, 0.29) is 28.7 Å². The summed E-state index contributed by atoms with van der Waals surface area (Å²) in [6, 6.07) is 17.1. The molecule has 0 saturated carbocycles. The van der Waals surface area contributed by atoms with Crippen LogP contribution in [-0.2, 0) is 0 Å². The van der Waals surface area contributed by atoms with Crippen LogP contribution in [-0.4, -0.2) is 39.8 Å². The summed E-state index contributed by atoms with van der Waals surface area (Å²) in [5.74, 6) is 0.755. The Morgan fingerprint density at radius 3 is 1.89 bits per heavy atom. The van der Waals surface area contributed by atoms with Gasteiger partial charge in [-0.25, -0.2) is 0 Å². The first kappa shape index (κ1) is 24.7. The Morgan fingerprint density at radius 1 is 0.632 bits per heavy atom. The molecule has 5 rings (SSSR count). The summed E-state index contributed by atoms with van der Waals surface area (Å²) in [7, 11) is 3.04. The average Bonchev–Trinajstić information content (AvgIpc) is 3.23. The lowest BCUT2D eigenvalue weighted by molar-refractivity contribution is 0.215. The number of hydrogen-bond acceptors (Lipinski definition) is 8. The van der Waals surface area contributed by atoms with Crippen molar-refractivity contribution in [3.8, 4) is 46.0 Å². The van der Waals surface area contributed by atoms with Crippen LogP contribution in [0.4, 0.5) is 0 Å². The van der Waals surface area contributed by atoms with Crippen molar-refractivity contribution in [2.45, 2.75) is 12.0 Å². The maximum Gasteiger partial charge on any atom is 0.138 e. The number of rotatable bonds is 6. The van der Waals surface area contributed by atoms with Crippen molar-refractivity contribution < 1.29 is 39.7 Å². The first-order valence-corrected chi connectivity index (χ1v) is 11.7. The lowest BCUT2D eigenvalue weighted by Crippen LogP contribution is -2.12. The number of ether oxygens (including phenoxy) is 3. The number of methoxy groups -OCH3 is 2. The first-order valence-electron chi connectivity index (χ1n) is 11.7. The molecule has 194 valence electrons. The molecule has 1 aliphatic rings. The van der Waals surface area contributed by atoms with Crippen molar-refractivity contribution in [3.05, 3.63) is 94.5 Å². The molecule has 4 aromatic rings. The van der Waals surface area contributed by atoms with E-state index in [2.05, 4.69) is 0 Å². The zero-order valence-corrected chi connectivity index (χ0v) is 20.6. The lowest BCUT2D eigenvalue weighted by Gasteiger charge is -2.22. The fraction of sp³-hybridized carbons (Fsp3) is 0.133. The van der Waals surface area contributed by atoms with Gasteiger partial charge in [-0.3, -0.25) is 0 Å². The van der Waals surface area contributed by atoms with E-state index >= 15 is 0 Å². The van der Waals surface area contributed by atoms with Crippen LogP contribution < -0.4 is 14.2 Å². The first-order chi connectivity index (χ1) is 18.2. The molecule has 1 aliphatic heterocycles. The Labute approximate surface area is 218 Å². The van der Waals surface area contributed by atoms with Crippen LogP contribution in [0.5, 0.6) is 46.0 Å². The van der Waals surface area contributed by atoms with Crippen LogP contribution >= 0.6 is 0 Å². The molecule has 8 nitrogen and oxygen atoms in total. The minimum Gasteiger partial charge on any atom is -0.508 e. The molecule has 0 spiro atoms. The van der Waals surface area contributed by atoms with Crippen molar-refractivity contribution >= 4 is 12.2 Å². The molecule has 38 heavy (non-hydrogen) atoms. The van der Waals surface area contributed by atoms with Gasteiger partial charge in [-0.05, 0) is 53.6 Å². The van der Waals surface area contributed by atoms with E-state index in [9.17, 15) is 25.5 Å². The molecule has 5 N–H and O–H groups in total. The van der Waals surface area contributed by atoms with Crippen LogP contribution in [0.2, 0.25) is 0 Å². The molecule has 1 heterocycles. The second kappa shape index (κ2) is 9.82. The third-order valence-corrected chi connectivity index (χ3v) is 6.44. The largest absolute Gasteiger partial charge is 0.508 e. The highest BCUT2D eigenvalue weighted by Gasteiger charge is 2.39. The summed E-state index contributed by atoms with van der Waals surface area (Å²) in [6.45, 7) is 0. The summed E-state index contributed by atoms with van der Waals surface area (Å²) in [4.78, 5) is 0. The van der Waals surface area contributed by atoms with Crippen molar-refractivity contribution in [3.63, 3.8) is 0 Å². The van der Waals surface area contributed by atoms with Gasteiger partial charge in [0, 0.05) is 41.0 Å². The van der Waals surface area contributed by atoms with Crippen LogP contribution in [0.3, 0.4) is 0 Å². The highest BCUT2D eigenvalue weighted by molar-refractivity contribution is 5.75. The molecular formula is C30H26O8. The SMILES string of the molecule is COc1cc2c(cc1/C=C/c1cc(O)cc(O)c1)[C@@H](c1cc(O)cc(O)c1)[C@H](c1ccc(O)cc1OC)O2. The molecule has 0 saturated heterocycles. The second-order valence-corrected chi connectivity index (χ2v) is 8.97. The van der Waals surface area contributed by atoms with Gasteiger partial charge in [0.2, 0.25) is 0 Å². The van der Waals surface area contributed by atoms with Crippen LogP contribution in [0.1, 0.15) is 39.8 Å². The van der Waals surface area contributed by atoms with Gasteiger partial charge < -0.3 is 39.7 Å². The Balaban J connectivity index is 1.66. The molecule has 4 aromatic carbocycles. The van der Waals surface area contributed by atoms with Gasteiger partial charge >= 0.3 is 0 Å². The number of benzene rings is 4. The van der Waals surface area contributed by atoms with Gasteiger partial charge in [-0.15, -0.1) is 0 Å². The maximum absolute atomic E-state index is 10.3. The minimum atomic E-state index is -0.617. The smallest absolute Gasteiger partial charge is 0.138 e. The predicted octanol–water partition coefficient (Wildman–Crippen LogP) is 5.67. The zero-order chi connectivity index (χ0) is 27.0. The summed E-state index contributed by atoms with van der Waals surface area (Å²) in [5.41, 5.74) is 3.34. The standard InChI is InChI=1S/C30H26O8/c1-36-26-15-28-25(11-17(26)4-3-16-7-20(32)12-21(33)8-16)29(18-9-22(34)13-23(35)10-18)30(38-28)24-6-5-19(31)14-27(24)37-2/h3-15,29-35H,1-2H3/b4-3+/t29-,30+/m1/s1. The van der Waals surface area contributed by atoms with Gasteiger partial charge in [0.25, 0.3) is 0 Å². The van der Waals surface area contributed by atoms with Gasteiger partial charge in [0.15, 0.2) is 0 Å². The Morgan fingerprint density at radius 2 is 1.26 bits per heavy atom. The minimum absolute atomic E-state index is 0.0414. The molecule has 0 aromatic heterocycles. The number of fused-ring (bicyclic) bond motifs is 1. The van der Waals surface area contributed by atoms with Crippen molar-refractivity contribution in [1.29, 1.82) is 0 Å². The van der Waals surface area contributed by atoms with Gasteiger partial charge in [-0.1, -0.05) is 12.2 Å². The van der Waals surface area contributed by atoms with Crippen LogP contribution in [0.15, 0.2) is 66.7 Å². The maximum atomic E-state index is 10.3. The van der Waals surface area contributed by atoms with Gasteiger partial charge in [-0.2, -0.15) is 0 Å². The molecule has 0 aliphatic carbocycles. The highest BCUT2D eigenvalue weighted by atomic mass is 16.5. The normalized spacial score (nSPS) is 16.3. The zero-order valence-electron chi connectivity index (χ0n) is 20.6. The summed E-state index contributed by atoms with van der Waals surface area (Å²) in [6.07, 6.45) is 2.90. The van der Waals surface area contributed by atoms with Gasteiger partial charge in [0.1, 0.15) is 52.1 Å². The lowest BCUT2D eigenvalue weighted by atomic mass is 9.84. The number of aromatic hydroxyl groups is 5. The second-order valence-electron chi connectivity index (χ2n) is 8.97. The fourth-order valence-electron chi connectivity index (χ4n) is 4.85. The molecule has 0 fully saturated rings. The molecule has 8 heteroatoms. The summed E-state index contributed by atoms with van der Waals surface area (Å²) >= 11 is 0. The van der Waals surface area contributed by atoms with E-state index in [0.29, 0.717) is 39.5 Å². The van der Waals surface area contributed by atoms with E-state index in [4.69, 9.17) is 14.2 Å². The molecular weight excluding hydrogens is 488 g/mol. The van der Waals surface area contributed by atoms with Crippen LogP contribution in [0, 0.1) is 0 Å². The average molecular weight is 515 g/mol. The number of phenols is 5. The quantitative estimate of drug-likeness (QED) is 0.208. The van der Waals surface area contributed by atoms with Crippen molar-refractivity contribution in [1.82, 2.24) is 0 Å². The molecule has 0 radical (unpaired) electrons. The molecule has 0 amide bonds. The summed E-state index contributed by atoms with van der Waals surface area (Å²) in [5, 5.41) is 50.1. The number of phenolic OH excluding ortho intramolecular Hbond substituents is 5. The molecule has 0 unspecified atom stereocenters. The van der Waals surface area contributed by atoms with Crippen molar-refractivity contribution in [2.24, 2.45) is 0 Å². The Hall–Kier alpha value is -4.98. The topological polar surface area (TPSA) is 129 Å². The molecule has 2 atom stereocenters. The fourth-order valence-corrected chi connectivity index (χ4v) is 4.85. The van der Waals surface area contributed by atoms with E-state index in [1.165, 1.54) is 37.4 Å². The third kappa shape index (κ3) is 4.71. The van der Waals surface area contributed by atoms with E-state index in [0.717, 1.165) is 5.56 Å². The van der Waals surface area contributed by atoms with E-state index in [1.54, 1.807) is 49.6 Å². The third-order valence-electron chi connectivity index (χ3n) is 6.44. The monoisotopic (exact) mass is 514 g/mol. The summed E-state index contributed by atoms with van der Waals surface area (Å²) < 4.78 is 17.6. The Kier molecular flexibility index (Phi) is 6.38. The van der Waals surface area contributed by atoms with E-state index < -0.39 is 12.0 Å². The number of hydrogen-bond donors (Lipinski definition) is 5. The van der Waals surface area contributed by atoms with Crippen molar-refractivity contribution in [2.75, 3.05) is 14.2 Å². The molecule has 0 bridgehead atoms.